The van der Waals surface area contributed by atoms with Crippen LogP contribution in [0.3, 0.4) is 0 Å². The third-order valence-corrected chi connectivity index (χ3v) is 3.03. The Morgan fingerprint density at radius 1 is 1.22 bits per heavy atom. The number of Topliss-reactive ketones (excluding diaryl/α,β-unsaturated/α-hetero) is 1. The Kier molecular flexibility index (Phi) is 3.78. The van der Waals surface area contributed by atoms with Crippen molar-refractivity contribution in [3.63, 3.8) is 0 Å². The Labute approximate surface area is 108 Å². The van der Waals surface area contributed by atoms with E-state index >= 15 is 0 Å². The molecule has 92 valence electrons. The largest absolute Gasteiger partial charge is 0.508 e. The summed E-state index contributed by atoms with van der Waals surface area (Å²) < 4.78 is 0. The van der Waals surface area contributed by atoms with E-state index in [0.717, 1.165) is 6.07 Å². The minimum atomic E-state index is -0.245. The lowest BCUT2D eigenvalue weighted by molar-refractivity contribution is 0.102. The lowest BCUT2D eigenvalue weighted by atomic mass is 10.1. The van der Waals surface area contributed by atoms with E-state index in [1.807, 2.05) is 0 Å². The van der Waals surface area contributed by atoms with Crippen LogP contribution in [0, 0.1) is 0 Å². The average molecular weight is 262 g/mol. The highest BCUT2D eigenvalue weighted by Gasteiger charge is 2.12. The molecule has 0 atom stereocenters. The maximum atomic E-state index is 11.8. The Morgan fingerprint density at radius 3 is 2.61 bits per heavy atom. The first-order valence-corrected chi connectivity index (χ1v) is 6.10. The number of aromatic nitrogens is 2. The summed E-state index contributed by atoms with van der Waals surface area (Å²) in [4.78, 5) is 19.8. The fourth-order valence-electron chi connectivity index (χ4n) is 1.32. The third kappa shape index (κ3) is 2.98. The molecule has 0 fully saturated rings. The molecule has 0 radical (unpaired) electrons. The van der Waals surface area contributed by atoms with Gasteiger partial charge in [-0.3, -0.25) is 4.79 Å². The molecule has 0 aliphatic rings. The molecule has 0 amide bonds. The molecule has 0 aliphatic heterocycles. The van der Waals surface area contributed by atoms with Gasteiger partial charge in [-0.15, -0.1) is 0 Å². The average Bonchev–Trinajstić information content (AvgIpc) is 2.37. The van der Waals surface area contributed by atoms with Crippen LogP contribution in [0.5, 0.6) is 11.5 Å². The minimum absolute atomic E-state index is 0.0805. The van der Waals surface area contributed by atoms with Crippen LogP contribution in [-0.4, -0.2) is 31.7 Å². The first-order valence-electron chi connectivity index (χ1n) is 5.12. The number of carbonyl (C=O) groups is 1. The molecule has 0 saturated heterocycles. The zero-order valence-electron chi connectivity index (χ0n) is 9.28. The van der Waals surface area contributed by atoms with Crippen LogP contribution in [0.1, 0.15) is 10.4 Å². The number of rotatable bonds is 4. The normalized spacial score (nSPS) is 10.2. The predicted octanol–water partition coefficient (Wildman–Crippen LogP) is 1.86. The lowest BCUT2D eigenvalue weighted by Gasteiger charge is -2.03. The zero-order valence-corrected chi connectivity index (χ0v) is 10.1. The number of benzene rings is 1. The molecule has 2 rings (SSSR count). The molecule has 1 aromatic heterocycles. The summed E-state index contributed by atoms with van der Waals surface area (Å²) in [6.07, 6.45) is 3.19. The summed E-state index contributed by atoms with van der Waals surface area (Å²) in [5.41, 5.74) is 0.177. The summed E-state index contributed by atoms with van der Waals surface area (Å²) in [5.74, 6) is -0.426. The monoisotopic (exact) mass is 262 g/mol. The van der Waals surface area contributed by atoms with Gasteiger partial charge in [-0.2, -0.15) is 0 Å². The van der Waals surface area contributed by atoms with Crippen LogP contribution in [0.4, 0.5) is 0 Å². The van der Waals surface area contributed by atoms with Crippen LogP contribution < -0.4 is 0 Å². The molecule has 0 saturated carbocycles. The van der Waals surface area contributed by atoms with E-state index in [2.05, 4.69) is 9.97 Å². The Balaban J connectivity index is 2.04. The second-order valence-corrected chi connectivity index (χ2v) is 4.39. The summed E-state index contributed by atoms with van der Waals surface area (Å²) in [6, 6.07) is 5.57. The van der Waals surface area contributed by atoms with Gasteiger partial charge in [0.1, 0.15) is 11.5 Å². The summed E-state index contributed by atoms with van der Waals surface area (Å²) in [6.45, 7) is 0. The second kappa shape index (κ2) is 5.50. The smallest absolute Gasteiger partial charge is 0.187 e. The molecular weight excluding hydrogens is 252 g/mol. The van der Waals surface area contributed by atoms with Crippen LogP contribution in [0.2, 0.25) is 0 Å². The highest BCUT2D eigenvalue weighted by molar-refractivity contribution is 7.99. The number of hydrogen-bond acceptors (Lipinski definition) is 6. The molecule has 1 aromatic carbocycles. The quantitative estimate of drug-likeness (QED) is 0.497. The number of aromatic hydroxyl groups is 2. The fourth-order valence-corrected chi connectivity index (χ4v) is 2.01. The van der Waals surface area contributed by atoms with E-state index in [-0.39, 0.29) is 28.6 Å². The molecule has 0 aliphatic carbocycles. The number of phenols is 2. The van der Waals surface area contributed by atoms with E-state index < -0.39 is 0 Å². The molecule has 5 nitrogen and oxygen atoms in total. The molecule has 6 heteroatoms. The fraction of sp³-hybridized carbons (Fsp3) is 0.0833. The van der Waals surface area contributed by atoms with Gasteiger partial charge in [-0.1, -0.05) is 11.8 Å². The number of thioether (sulfide) groups is 1. The molecule has 0 spiro atoms. The Hall–Kier alpha value is -2.08. The Bertz CT molecular complexity index is 561. The van der Waals surface area contributed by atoms with Gasteiger partial charge in [0.15, 0.2) is 10.9 Å². The lowest BCUT2D eigenvalue weighted by Crippen LogP contribution is -2.03. The minimum Gasteiger partial charge on any atom is -0.508 e. The first kappa shape index (κ1) is 12.4. The first-order chi connectivity index (χ1) is 8.66. The Morgan fingerprint density at radius 2 is 1.94 bits per heavy atom. The van der Waals surface area contributed by atoms with Crippen molar-refractivity contribution in [3.05, 3.63) is 42.2 Å². The number of phenolic OH excluding ortho intramolecular Hbond substituents is 2. The van der Waals surface area contributed by atoms with Crippen LogP contribution >= 0.6 is 11.8 Å². The van der Waals surface area contributed by atoms with Crippen molar-refractivity contribution in [3.8, 4) is 11.5 Å². The van der Waals surface area contributed by atoms with Crippen LogP contribution in [-0.2, 0) is 0 Å². The van der Waals surface area contributed by atoms with Gasteiger partial charge >= 0.3 is 0 Å². The van der Waals surface area contributed by atoms with E-state index in [0.29, 0.717) is 5.16 Å². The van der Waals surface area contributed by atoms with Gasteiger partial charge in [0.2, 0.25) is 0 Å². The third-order valence-electron chi connectivity index (χ3n) is 2.16. The van der Waals surface area contributed by atoms with Crippen LogP contribution in [0.25, 0.3) is 0 Å². The van der Waals surface area contributed by atoms with Crippen molar-refractivity contribution in [1.29, 1.82) is 0 Å². The molecule has 18 heavy (non-hydrogen) atoms. The predicted molar refractivity (Wildman–Crippen MR) is 66.9 cm³/mol. The number of nitrogens with zero attached hydrogens (tertiary/aromatic N) is 2. The van der Waals surface area contributed by atoms with Crippen molar-refractivity contribution in [1.82, 2.24) is 9.97 Å². The standard InChI is InChI=1S/C12H10N2O3S/c15-8-2-3-9(10(16)6-8)11(17)7-18-12-13-4-1-5-14-12/h1-6,15-16H,7H2. The summed E-state index contributed by atoms with van der Waals surface area (Å²) in [5, 5.41) is 19.2. The maximum Gasteiger partial charge on any atom is 0.187 e. The van der Waals surface area contributed by atoms with Gasteiger partial charge in [0.05, 0.1) is 11.3 Å². The molecule has 1 heterocycles. The van der Waals surface area contributed by atoms with Crippen molar-refractivity contribution in [2.24, 2.45) is 0 Å². The van der Waals surface area contributed by atoms with Crippen molar-refractivity contribution < 1.29 is 15.0 Å². The summed E-state index contributed by atoms with van der Waals surface area (Å²) >= 11 is 1.19. The van der Waals surface area contributed by atoms with Gasteiger partial charge in [-0.25, -0.2) is 9.97 Å². The highest BCUT2D eigenvalue weighted by Crippen LogP contribution is 2.24. The number of ketones is 1. The molecular formula is C12H10N2O3S. The highest BCUT2D eigenvalue weighted by atomic mass is 32.2. The van der Waals surface area contributed by atoms with Gasteiger partial charge in [0.25, 0.3) is 0 Å². The van der Waals surface area contributed by atoms with E-state index in [9.17, 15) is 9.90 Å². The summed E-state index contributed by atoms with van der Waals surface area (Å²) in [7, 11) is 0. The van der Waals surface area contributed by atoms with Crippen LogP contribution in [0.15, 0.2) is 41.8 Å². The maximum absolute atomic E-state index is 11.8. The van der Waals surface area contributed by atoms with E-state index in [1.54, 1.807) is 18.5 Å². The number of carbonyl (C=O) groups excluding carboxylic acids is 1. The van der Waals surface area contributed by atoms with Gasteiger partial charge in [0, 0.05) is 18.5 Å². The topological polar surface area (TPSA) is 83.3 Å². The van der Waals surface area contributed by atoms with Crippen molar-refractivity contribution >= 4 is 17.5 Å². The van der Waals surface area contributed by atoms with Gasteiger partial charge < -0.3 is 10.2 Å². The van der Waals surface area contributed by atoms with Gasteiger partial charge in [-0.05, 0) is 18.2 Å². The van der Waals surface area contributed by atoms with Crippen molar-refractivity contribution in [2.45, 2.75) is 5.16 Å². The van der Waals surface area contributed by atoms with Crippen molar-refractivity contribution in [2.75, 3.05) is 5.75 Å². The zero-order chi connectivity index (χ0) is 13.0. The second-order valence-electron chi connectivity index (χ2n) is 3.44. The molecule has 2 N–H and O–H groups in total. The molecule has 2 aromatic rings. The van der Waals surface area contributed by atoms with E-state index in [4.69, 9.17) is 5.11 Å². The van der Waals surface area contributed by atoms with E-state index in [1.165, 1.54) is 23.9 Å². The molecule has 0 bridgehead atoms. The number of hydrogen-bond donors (Lipinski definition) is 2. The molecule has 0 unspecified atom stereocenters. The SMILES string of the molecule is O=C(CSc1ncccn1)c1ccc(O)cc1O.